The monoisotopic (exact) mass is 429 g/mol. The lowest BCUT2D eigenvalue weighted by molar-refractivity contribution is -0.153. The number of piperazine rings is 1. The SMILES string of the molecule is CCCCCN1CCN(C(=O)NC(C(=O)NC2CNC2=O)c2ccccc2)C(=O)C1=O. The third kappa shape index (κ3) is 5.19. The number of benzene rings is 1. The molecule has 2 aliphatic rings. The van der Waals surface area contributed by atoms with Crippen molar-refractivity contribution in [1.29, 1.82) is 0 Å². The average Bonchev–Trinajstić information content (AvgIpc) is 2.78. The maximum Gasteiger partial charge on any atom is 0.325 e. The van der Waals surface area contributed by atoms with Crippen LogP contribution in [0.1, 0.15) is 37.8 Å². The van der Waals surface area contributed by atoms with Gasteiger partial charge in [-0.2, -0.15) is 0 Å². The van der Waals surface area contributed by atoms with Crippen LogP contribution in [-0.2, 0) is 19.2 Å². The van der Waals surface area contributed by atoms with Crippen molar-refractivity contribution in [1.82, 2.24) is 25.8 Å². The number of nitrogens with zero attached hydrogens (tertiary/aromatic N) is 2. The Kier molecular flexibility index (Phi) is 7.22. The van der Waals surface area contributed by atoms with Gasteiger partial charge in [0.1, 0.15) is 12.1 Å². The lowest BCUT2D eigenvalue weighted by Crippen LogP contribution is -2.63. The maximum atomic E-state index is 12.8. The molecule has 10 nitrogen and oxygen atoms in total. The standard InChI is InChI=1S/C21H27N5O5/c1-2-3-7-10-25-11-12-26(20(30)19(25)29)21(31)24-16(14-8-5-4-6-9-14)18(28)23-15-13-22-17(15)27/h4-6,8-9,15-16H,2-3,7,10-13H2,1H3,(H,22,27)(H,23,28)(H,24,31). The van der Waals surface area contributed by atoms with Crippen LogP contribution in [0.2, 0.25) is 0 Å². The Balaban J connectivity index is 1.67. The first kappa shape index (κ1) is 22.3. The molecule has 2 unspecified atom stereocenters. The third-order valence-corrected chi connectivity index (χ3v) is 5.36. The van der Waals surface area contributed by atoms with E-state index in [-0.39, 0.29) is 19.0 Å². The molecule has 1 aromatic rings. The number of carbonyl (C=O) groups is 5. The summed E-state index contributed by atoms with van der Waals surface area (Å²) in [6.45, 7) is 3.15. The molecule has 2 heterocycles. The molecule has 0 aromatic heterocycles. The van der Waals surface area contributed by atoms with E-state index in [0.717, 1.165) is 24.2 Å². The molecule has 2 aliphatic heterocycles. The molecule has 10 heteroatoms. The van der Waals surface area contributed by atoms with Crippen LogP contribution in [-0.4, -0.2) is 71.7 Å². The third-order valence-electron chi connectivity index (χ3n) is 5.36. The van der Waals surface area contributed by atoms with Crippen molar-refractivity contribution in [3.63, 3.8) is 0 Å². The second-order valence-corrected chi connectivity index (χ2v) is 7.56. The van der Waals surface area contributed by atoms with Crippen LogP contribution < -0.4 is 16.0 Å². The number of hydrogen-bond donors (Lipinski definition) is 3. The zero-order valence-corrected chi connectivity index (χ0v) is 17.4. The van der Waals surface area contributed by atoms with Crippen molar-refractivity contribution in [2.24, 2.45) is 0 Å². The molecule has 31 heavy (non-hydrogen) atoms. The normalized spacial score (nSPS) is 19.4. The van der Waals surface area contributed by atoms with Gasteiger partial charge in [-0.25, -0.2) is 4.79 Å². The van der Waals surface area contributed by atoms with Gasteiger partial charge in [-0.15, -0.1) is 0 Å². The van der Waals surface area contributed by atoms with Gasteiger partial charge in [0, 0.05) is 26.2 Å². The molecule has 2 atom stereocenters. The number of carbonyl (C=O) groups excluding carboxylic acids is 5. The van der Waals surface area contributed by atoms with Gasteiger partial charge in [0.2, 0.25) is 11.8 Å². The Bertz CT molecular complexity index is 859. The van der Waals surface area contributed by atoms with Gasteiger partial charge in [0.05, 0.1) is 0 Å². The molecule has 1 aromatic carbocycles. The van der Waals surface area contributed by atoms with Gasteiger partial charge >= 0.3 is 17.8 Å². The molecule has 0 bridgehead atoms. The van der Waals surface area contributed by atoms with E-state index in [1.54, 1.807) is 30.3 Å². The molecule has 166 valence electrons. The summed E-state index contributed by atoms with van der Waals surface area (Å²) in [4.78, 5) is 64.2. The second-order valence-electron chi connectivity index (χ2n) is 7.56. The van der Waals surface area contributed by atoms with Crippen LogP contribution in [0.4, 0.5) is 4.79 Å². The van der Waals surface area contributed by atoms with E-state index in [9.17, 15) is 24.0 Å². The van der Waals surface area contributed by atoms with Crippen LogP contribution in [0, 0.1) is 0 Å². The van der Waals surface area contributed by atoms with Crippen LogP contribution in [0.3, 0.4) is 0 Å². The number of unbranched alkanes of at least 4 members (excludes halogenated alkanes) is 2. The first-order chi connectivity index (χ1) is 14.9. The highest BCUT2D eigenvalue weighted by atomic mass is 16.2. The van der Waals surface area contributed by atoms with Crippen LogP contribution in [0.5, 0.6) is 0 Å². The quantitative estimate of drug-likeness (QED) is 0.302. The number of imide groups is 1. The molecule has 0 radical (unpaired) electrons. The van der Waals surface area contributed by atoms with E-state index in [1.165, 1.54) is 4.90 Å². The van der Waals surface area contributed by atoms with E-state index in [4.69, 9.17) is 0 Å². The Morgan fingerprint density at radius 1 is 1.10 bits per heavy atom. The molecule has 0 spiro atoms. The highest BCUT2D eigenvalue weighted by Gasteiger charge is 2.38. The molecular formula is C21H27N5O5. The van der Waals surface area contributed by atoms with Crippen molar-refractivity contribution >= 4 is 29.7 Å². The topological polar surface area (TPSA) is 128 Å². The van der Waals surface area contributed by atoms with Gasteiger partial charge in [-0.3, -0.25) is 24.1 Å². The van der Waals surface area contributed by atoms with Crippen molar-refractivity contribution in [3.05, 3.63) is 35.9 Å². The van der Waals surface area contributed by atoms with Crippen LogP contribution in [0.15, 0.2) is 30.3 Å². The summed E-state index contributed by atoms with van der Waals surface area (Å²) in [5.41, 5.74) is 0.491. The van der Waals surface area contributed by atoms with Crippen LogP contribution >= 0.6 is 0 Å². The Hall–Kier alpha value is -3.43. The second kappa shape index (κ2) is 10.1. The number of β-lactam (4-membered cyclic amide) rings is 1. The highest BCUT2D eigenvalue weighted by Crippen LogP contribution is 2.16. The summed E-state index contributed by atoms with van der Waals surface area (Å²) in [5.74, 6) is -2.50. The van der Waals surface area contributed by atoms with Gasteiger partial charge < -0.3 is 20.9 Å². The van der Waals surface area contributed by atoms with E-state index in [1.807, 2.05) is 6.92 Å². The fraction of sp³-hybridized carbons (Fsp3) is 0.476. The summed E-state index contributed by atoms with van der Waals surface area (Å²) >= 11 is 0. The summed E-state index contributed by atoms with van der Waals surface area (Å²) in [6, 6.07) is 5.89. The summed E-state index contributed by atoms with van der Waals surface area (Å²) in [7, 11) is 0. The fourth-order valence-corrected chi connectivity index (χ4v) is 3.44. The molecule has 2 fully saturated rings. The zero-order valence-electron chi connectivity index (χ0n) is 17.4. The van der Waals surface area contributed by atoms with Gasteiger partial charge in [0.15, 0.2) is 0 Å². The first-order valence-corrected chi connectivity index (χ1v) is 10.5. The minimum atomic E-state index is -1.12. The molecule has 3 rings (SSSR count). The van der Waals surface area contributed by atoms with Crippen molar-refractivity contribution in [2.45, 2.75) is 38.3 Å². The number of hydrogen-bond acceptors (Lipinski definition) is 5. The summed E-state index contributed by atoms with van der Waals surface area (Å²) < 4.78 is 0. The molecule has 2 saturated heterocycles. The number of amides is 6. The Morgan fingerprint density at radius 3 is 2.45 bits per heavy atom. The lowest BCUT2D eigenvalue weighted by atomic mass is 10.0. The van der Waals surface area contributed by atoms with Crippen molar-refractivity contribution in [2.75, 3.05) is 26.2 Å². The van der Waals surface area contributed by atoms with Gasteiger partial charge in [0.25, 0.3) is 0 Å². The number of urea groups is 1. The largest absolute Gasteiger partial charge is 0.352 e. The molecule has 6 amide bonds. The minimum Gasteiger partial charge on any atom is -0.352 e. The predicted molar refractivity (Wildman–Crippen MR) is 110 cm³/mol. The van der Waals surface area contributed by atoms with E-state index >= 15 is 0 Å². The lowest BCUT2D eigenvalue weighted by Gasteiger charge is -2.34. The van der Waals surface area contributed by atoms with Crippen molar-refractivity contribution < 1.29 is 24.0 Å². The summed E-state index contributed by atoms with van der Waals surface area (Å²) in [5, 5.41) is 7.66. The zero-order chi connectivity index (χ0) is 22.4. The van der Waals surface area contributed by atoms with Crippen LogP contribution in [0.25, 0.3) is 0 Å². The predicted octanol–water partition coefficient (Wildman–Crippen LogP) is -0.0871. The summed E-state index contributed by atoms with van der Waals surface area (Å²) in [6.07, 6.45) is 2.75. The average molecular weight is 429 g/mol. The smallest absolute Gasteiger partial charge is 0.325 e. The van der Waals surface area contributed by atoms with E-state index in [0.29, 0.717) is 18.7 Å². The minimum absolute atomic E-state index is 0.0523. The first-order valence-electron chi connectivity index (χ1n) is 10.5. The number of rotatable bonds is 8. The Labute approximate surface area is 180 Å². The van der Waals surface area contributed by atoms with Gasteiger partial charge in [-0.05, 0) is 12.0 Å². The highest BCUT2D eigenvalue weighted by molar-refractivity contribution is 6.38. The molecule has 0 saturated carbocycles. The van der Waals surface area contributed by atoms with E-state index in [2.05, 4.69) is 16.0 Å². The fourth-order valence-electron chi connectivity index (χ4n) is 3.44. The maximum absolute atomic E-state index is 12.8. The Morgan fingerprint density at radius 2 is 1.84 bits per heavy atom. The number of nitrogens with one attached hydrogen (secondary N) is 3. The molecule has 0 aliphatic carbocycles. The van der Waals surface area contributed by atoms with E-state index < -0.39 is 35.8 Å². The molecular weight excluding hydrogens is 402 g/mol. The van der Waals surface area contributed by atoms with Gasteiger partial charge in [-0.1, -0.05) is 50.1 Å². The molecule has 3 N–H and O–H groups in total. The van der Waals surface area contributed by atoms with Crippen molar-refractivity contribution in [3.8, 4) is 0 Å².